The van der Waals surface area contributed by atoms with Gasteiger partial charge in [0.25, 0.3) is 0 Å². The van der Waals surface area contributed by atoms with Crippen LogP contribution in [0.15, 0.2) is 18.5 Å². The van der Waals surface area contributed by atoms with E-state index >= 15 is 0 Å². The van der Waals surface area contributed by atoms with E-state index in [-0.39, 0.29) is 5.56 Å². The summed E-state index contributed by atoms with van der Waals surface area (Å²) in [7, 11) is 1.80. The summed E-state index contributed by atoms with van der Waals surface area (Å²) in [6, 6.07) is 1.79. The maximum Gasteiger partial charge on any atom is 0.339 e. The summed E-state index contributed by atoms with van der Waals surface area (Å²) in [5.41, 5.74) is 1.31. The first-order valence-corrected chi connectivity index (χ1v) is 5.21. The van der Waals surface area contributed by atoms with Crippen molar-refractivity contribution < 1.29 is 9.90 Å². The molecule has 0 unspecified atom stereocenters. The standard InChI is InChI=1S/C11H12N4O2/c1-3-8-7(11(16)17)6-12-10(13-8)9-4-5-15(2)14-9/h4-6H,3H2,1-2H3,(H,16,17). The number of hydrogen-bond donors (Lipinski definition) is 1. The maximum absolute atomic E-state index is 10.9. The lowest BCUT2D eigenvalue weighted by Crippen LogP contribution is -2.07. The molecule has 6 heteroatoms. The molecule has 88 valence electrons. The van der Waals surface area contributed by atoms with Crippen molar-refractivity contribution in [2.24, 2.45) is 7.05 Å². The van der Waals surface area contributed by atoms with Crippen molar-refractivity contribution in [3.63, 3.8) is 0 Å². The Bertz CT molecular complexity index is 562. The molecule has 0 saturated heterocycles. The highest BCUT2D eigenvalue weighted by Crippen LogP contribution is 2.14. The van der Waals surface area contributed by atoms with E-state index in [9.17, 15) is 4.79 Å². The molecule has 2 rings (SSSR count). The largest absolute Gasteiger partial charge is 0.478 e. The molecule has 6 nitrogen and oxygen atoms in total. The Balaban J connectivity index is 2.48. The molecule has 0 aliphatic carbocycles. The SMILES string of the molecule is CCc1nc(-c2ccn(C)n2)ncc1C(=O)O. The summed E-state index contributed by atoms with van der Waals surface area (Å²) in [5.74, 6) is -0.554. The summed E-state index contributed by atoms with van der Waals surface area (Å²) in [4.78, 5) is 19.2. The van der Waals surface area contributed by atoms with Gasteiger partial charge in [-0.25, -0.2) is 14.8 Å². The lowest BCUT2D eigenvalue weighted by Gasteiger charge is -2.03. The van der Waals surface area contributed by atoms with Gasteiger partial charge in [-0.05, 0) is 12.5 Å². The van der Waals surface area contributed by atoms with Crippen LogP contribution in [0.3, 0.4) is 0 Å². The molecule has 2 aromatic heterocycles. The van der Waals surface area contributed by atoms with Gasteiger partial charge in [0.05, 0.1) is 11.3 Å². The molecule has 2 aromatic rings. The Labute approximate surface area is 98.0 Å². The normalized spacial score (nSPS) is 10.5. The molecular formula is C11H12N4O2. The Hall–Kier alpha value is -2.24. The Morgan fingerprint density at radius 2 is 2.29 bits per heavy atom. The molecule has 2 heterocycles. The van der Waals surface area contributed by atoms with Gasteiger partial charge in [-0.3, -0.25) is 4.68 Å². The van der Waals surface area contributed by atoms with E-state index < -0.39 is 5.97 Å². The number of hydrogen-bond acceptors (Lipinski definition) is 4. The van der Waals surface area contributed by atoms with Crippen molar-refractivity contribution in [3.05, 3.63) is 29.7 Å². The third-order valence-electron chi connectivity index (χ3n) is 2.38. The van der Waals surface area contributed by atoms with E-state index in [4.69, 9.17) is 5.11 Å². The zero-order valence-corrected chi connectivity index (χ0v) is 9.58. The van der Waals surface area contributed by atoms with Crippen LogP contribution in [-0.4, -0.2) is 30.8 Å². The highest BCUT2D eigenvalue weighted by molar-refractivity contribution is 5.88. The lowest BCUT2D eigenvalue weighted by atomic mass is 10.2. The zero-order valence-electron chi connectivity index (χ0n) is 9.58. The van der Waals surface area contributed by atoms with Crippen LogP contribution in [0.25, 0.3) is 11.5 Å². The minimum atomic E-state index is -1.01. The zero-order chi connectivity index (χ0) is 12.4. The quantitative estimate of drug-likeness (QED) is 0.858. The Kier molecular flexibility index (Phi) is 2.86. The monoisotopic (exact) mass is 232 g/mol. The molecule has 0 bridgehead atoms. The van der Waals surface area contributed by atoms with E-state index in [1.807, 2.05) is 6.92 Å². The van der Waals surface area contributed by atoms with Gasteiger partial charge in [-0.2, -0.15) is 5.10 Å². The van der Waals surface area contributed by atoms with Gasteiger partial charge in [0.1, 0.15) is 5.69 Å². The van der Waals surface area contributed by atoms with E-state index in [1.165, 1.54) is 6.20 Å². The van der Waals surface area contributed by atoms with Crippen molar-refractivity contribution in [3.8, 4) is 11.5 Å². The van der Waals surface area contributed by atoms with E-state index in [0.717, 1.165) is 0 Å². The van der Waals surface area contributed by atoms with Crippen molar-refractivity contribution in [1.82, 2.24) is 19.7 Å². The molecule has 17 heavy (non-hydrogen) atoms. The molecule has 0 radical (unpaired) electrons. The van der Waals surface area contributed by atoms with Crippen LogP contribution >= 0.6 is 0 Å². The number of nitrogens with zero attached hydrogens (tertiary/aromatic N) is 4. The number of aromatic carboxylic acids is 1. The predicted octanol–water partition coefficient (Wildman–Crippen LogP) is 1.14. The summed E-state index contributed by atoms with van der Waals surface area (Å²) in [5, 5.41) is 13.1. The van der Waals surface area contributed by atoms with Gasteiger partial charge in [-0.1, -0.05) is 6.92 Å². The summed E-state index contributed by atoms with van der Waals surface area (Å²) < 4.78 is 1.65. The first-order valence-electron chi connectivity index (χ1n) is 5.21. The minimum absolute atomic E-state index is 0.146. The highest BCUT2D eigenvalue weighted by Gasteiger charge is 2.13. The minimum Gasteiger partial charge on any atom is -0.478 e. The number of aryl methyl sites for hydroxylation is 2. The fourth-order valence-electron chi connectivity index (χ4n) is 1.52. The molecule has 1 N–H and O–H groups in total. The summed E-state index contributed by atoms with van der Waals surface area (Å²) in [6.07, 6.45) is 3.66. The van der Waals surface area contributed by atoms with Gasteiger partial charge in [0, 0.05) is 19.4 Å². The third kappa shape index (κ3) is 2.15. The van der Waals surface area contributed by atoms with Gasteiger partial charge in [0.2, 0.25) is 0 Å². The van der Waals surface area contributed by atoms with Crippen molar-refractivity contribution in [2.45, 2.75) is 13.3 Å². The van der Waals surface area contributed by atoms with Crippen LogP contribution in [0.5, 0.6) is 0 Å². The van der Waals surface area contributed by atoms with Gasteiger partial charge < -0.3 is 5.11 Å². The topological polar surface area (TPSA) is 80.9 Å². The third-order valence-corrected chi connectivity index (χ3v) is 2.38. The van der Waals surface area contributed by atoms with Gasteiger partial charge in [0.15, 0.2) is 5.82 Å². The molecule has 0 fully saturated rings. The second kappa shape index (κ2) is 4.32. The van der Waals surface area contributed by atoms with E-state index in [2.05, 4.69) is 15.1 Å². The fourth-order valence-corrected chi connectivity index (χ4v) is 1.52. The fraction of sp³-hybridized carbons (Fsp3) is 0.273. The van der Waals surface area contributed by atoms with Gasteiger partial charge in [-0.15, -0.1) is 0 Å². The number of carboxylic acids is 1. The Morgan fingerprint density at radius 3 is 2.82 bits per heavy atom. The van der Waals surface area contributed by atoms with Crippen LogP contribution in [0, 0.1) is 0 Å². The predicted molar refractivity (Wildman–Crippen MR) is 60.6 cm³/mol. The number of rotatable bonds is 3. The second-order valence-corrected chi connectivity index (χ2v) is 3.59. The van der Waals surface area contributed by atoms with Crippen molar-refractivity contribution >= 4 is 5.97 Å². The molecule has 0 aliphatic heterocycles. The molecule has 0 aromatic carbocycles. The lowest BCUT2D eigenvalue weighted by molar-refractivity contribution is 0.0694. The maximum atomic E-state index is 10.9. The van der Waals surface area contributed by atoms with Gasteiger partial charge >= 0.3 is 5.97 Å². The first-order chi connectivity index (χ1) is 8.11. The first kappa shape index (κ1) is 11.3. The molecule has 0 saturated carbocycles. The van der Waals surface area contributed by atoms with Crippen LogP contribution in [-0.2, 0) is 13.5 Å². The van der Waals surface area contributed by atoms with Crippen LogP contribution in [0.2, 0.25) is 0 Å². The smallest absolute Gasteiger partial charge is 0.339 e. The van der Waals surface area contributed by atoms with Crippen molar-refractivity contribution in [1.29, 1.82) is 0 Å². The average molecular weight is 232 g/mol. The van der Waals surface area contributed by atoms with Crippen molar-refractivity contribution in [2.75, 3.05) is 0 Å². The molecule has 0 amide bonds. The molecule has 0 atom stereocenters. The summed E-state index contributed by atoms with van der Waals surface area (Å²) >= 11 is 0. The number of aromatic nitrogens is 4. The van der Waals surface area contributed by atoms with E-state index in [1.54, 1.807) is 24.0 Å². The number of carbonyl (C=O) groups is 1. The molecule has 0 spiro atoms. The van der Waals surface area contributed by atoms with E-state index in [0.29, 0.717) is 23.6 Å². The average Bonchev–Trinajstić information content (AvgIpc) is 2.75. The van der Waals surface area contributed by atoms with Crippen LogP contribution in [0.1, 0.15) is 23.0 Å². The number of carboxylic acid groups (broad SMARTS) is 1. The van der Waals surface area contributed by atoms with Crippen LogP contribution in [0.4, 0.5) is 0 Å². The molecular weight excluding hydrogens is 220 g/mol. The second-order valence-electron chi connectivity index (χ2n) is 3.59. The summed E-state index contributed by atoms with van der Waals surface area (Å²) in [6.45, 7) is 1.86. The van der Waals surface area contributed by atoms with Crippen LogP contribution < -0.4 is 0 Å². The molecule has 0 aliphatic rings. The highest BCUT2D eigenvalue weighted by atomic mass is 16.4. The Morgan fingerprint density at radius 1 is 1.53 bits per heavy atom.